The van der Waals surface area contributed by atoms with Crippen LogP contribution in [-0.4, -0.2) is 27.7 Å². The second-order valence-corrected chi connectivity index (χ2v) is 5.70. The SMILES string of the molecule is C[C@@H](OC(=O)c1cccc(OC(F)F)c1)c1nnc(-c2ccc([N+](=O)[O-])cc2)o1. The lowest BCUT2D eigenvalue weighted by Crippen LogP contribution is -2.10. The normalized spacial score (nSPS) is 11.9. The van der Waals surface area contributed by atoms with Crippen molar-refractivity contribution in [2.75, 3.05) is 0 Å². The van der Waals surface area contributed by atoms with Crippen molar-refractivity contribution in [1.29, 1.82) is 0 Å². The number of halogens is 2. The highest BCUT2D eigenvalue weighted by molar-refractivity contribution is 5.90. The molecule has 2 aromatic carbocycles. The van der Waals surface area contributed by atoms with Crippen molar-refractivity contribution in [3.63, 3.8) is 0 Å². The molecule has 0 saturated heterocycles. The van der Waals surface area contributed by atoms with Crippen LogP contribution in [-0.2, 0) is 4.74 Å². The maximum atomic E-state index is 12.3. The fourth-order valence-corrected chi connectivity index (χ4v) is 2.32. The van der Waals surface area contributed by atoms with Gasteiger partial charge in [-0.15, -0.1) is 10.2 Å². The Hall–Kier alpha value is -3.89. The molecule has 0 fully saturated rings. The number of rotatable bonds is 7. The molecule has 3 aromatic rings. The first-order valence-electron chi connectivity index (χ1n) is 8.17. The Morgan fingerprint density at radius 2 is 1.90 bits per heavy atom. The summed E-state index contributed by atoms with van der Waals surface area (Å²) in [7, 11) is 0. The fraction of sp³-hybridized carbons (Fsp3) is 0.167. The number of ether oxygens (including phenoxy) is 2. The summed E-state index contributed by atoms with van der Waals surface area (Å²) in [5.41, 5.74) is 0.365. The lowest BCUT2D eigenvalue weighted by molar-refractivity contribution is -0.384. The zero-order chi connectivity index (χ0) is 21.0. The summed E-state index contributed by atoms with van der Waals surface area (Å²) in [5, 5.41) is 18.3. The molecular weight excluding hydrogens is 392 g/mol. The summed E-state index contributed by atoms with van der Waals surface area (Å²) in [6, 6.07) is 10.6. The molecule has 0 unspecified atom stereocenters. The molecule has 0 amide bonds. The minimum Gasteiger partial charge on any atom is -0.449 e. The van der Waals surface area contributed by atoms with Crippen LogP contribution in [0.5, 0.6) is 5.75 Å². The lowest BCUT2D eigenvalue weighted by Gasteiger charge is -2.10. The zero-order valence-electron chi connectivity index (χ0n) is 14.8. The van der Waals surface area contributed by atoms with E-state index in [-0.39, 0.29) is 28.8 Å². The van der Waals surface area contributed by atoms with E-state index < -0.39 is 23.6 Å². The summed E-state index contributed by atoms with van der Waals surface area (Å²) in [6.07, 6.45) is -0.929. The molecule has 1 aromatic heterocycles. The van der Waals surface area contributed by atoms with Gasteiger partial charge in [-0.1, -0.05) is 6.07 Å². The Morgan fingerprint density at radius 1 is 1.17 bits per heavy atom. The van der Waals surface area contributed by atoms with Gasteiger partial charge in [-0.3, -0.25) is 10.1 Å². The van der Waals surface area contributed by atoms with Crippen LogP contribution in [0.1, 0.15) is 29.3 Å². The van der Waals surface area contributed by atoms with Gasteiger partial charge in [-0.05, 0) is 37.3 Å². The predicted octanol–water partition coefficient (Wildman–Crippen LogP) is 4.16. The van der Waals surface area contributed by atoms with Gasteiger partial charge >= 0.3 is 12.6 Å². The molecule has 9 nitrogen and oxygen atoms in total. The van der Waals surface area contributed by atoms with E-state index in [4.69, 9.17) is 9.15 Å². The van der Waals surface area contributed by atoms with Gasteiger partial charge < -0.3 is 13.9 Å². The second-order valence-electron chi connectivity index (χ2n) is 5.70. The third kappa shape index (κ3) is 4.89. The van der Waals surface area contributed by atoms with Crippen LogP contribution in [0.2, 0.25) is 0 Å². The standard InChI is InChI=1S/C18H13F2N3O6/c1-10(27-17(24)12-3-2-4-14(9-12)28-18(19)20)15-21-22-16(29-15)11-5-7-13(8-6-11)23(25)26/h2-10,18H,1H3/t10-/m1/s1. The van der Waals surface area contributed by atoms with Crippen LogP contribution in [0.3, 0.4) is 0 Å². The Kier molecular flexibility index (Phi) is 5.77. The fourth-order valence-electron chi connectivity index (χ4n) is 2.32. The lowest BCUT2D eigenvalue weighted by atomic mass is 10.2. The topological polar surface area (TPSA) is 118 Å². The first-order chi connectivity index (χ1) is 13.8. The van der Waals surface area contributed by atoms with E-state index in [1.54, 1.807) is 0 Å². The molecule has 0 bridgehead atoms. The number of alkyl halides is 2. The number of hydrogen-bond donors (Lipinski definition) is 0. The summed E-state index contributed by atoms with van der Waals surface area (Å²) in [5.74, 6) is -0.899. The van der Waals surface area contributed by atoms with E-state index in [2.05, 4.69) is 14.9 Å². The van der Waals surface area contributed by atoms with E-state index >= 15 is 0 Å². The van der Waals surface area contributed by atoms with Crippen LogP contribution >= 0.6 is 0 Å². The van der Waals surface area contributed by atoms with Gasteiger partial charge in [0.2, 0.25) is 5.89 Å². The molecule has 29 heavy (non-hydrogen) atoms. The Bertz CT molecular complexity index is 1020. The highest BCUT2D eigenvalue weighted by atomic mass is 19.3. The molecule has 0 spiro atoms. The molecule has 0 aliphatic rings. The molecular formula is C18H13F2N3O6. The van der Waals surface area contributed by atoms with Crippen molar-refractivity contribution in [2.24, 2.45) is 0 Å². The summed E-state index contributed by atoms with van der Waals surface area (Å²) < 4.78 is 39.5. The number of nitrogens with zero attached hydrogens (tertiary/aromatic N) is 3. The Labute approximate surface area is 162 Å². The third-order valence-corrected chi connectivity index (χ3v) is 3.69. The molecule has 0 saturated carbocycles. The quantitative estimate of drug-likeness (QED) is 0.327. The zero-order valence-corrected chi connectivity index (χ0v) is 14.8. The van der Waals surface area contributed by atoms with Crippen molar-refractivity contribution in [1.82, 2.24) is 10.2 Å². The van der Waals surface area contributed by atoms with E-state index in [1.807, 2.05) is 0 Å². The summed E-state index contributed by atoms with van der Waals surface area (Å²) in [6.45, 7) is -1.53. The molecule has 0 radical (unpaired) electrons. The molecule has 3 rings (SSSR count). The van der Waals surface area contributed by atoms with E-state index in [0.29, 0.717) is 5.56 Å². The average molecular weight is 405 g/mol. The van der Waals surface area contributed by atoms with Crippen LogP contribution in [0.25, 0.3) is 11.5 Å². The highest BCUT2D eigenvalue weighted by Crippen LogP contribution is 2.25. The number of benzene rings is 2. The van der Waals surface area contributed by atoms with E-state index in [1.165, 1.54) is 49.4 Å². The third-order valence-electron chi connectivity index (χ3n) is 3.69. The molecule has 1 heterocycles. The summed E-state index contributed by atoms with van der Waals surface area (Å²) in [4.78, 5) is 22.4. The summed E-state index contributed by atoms with van der Waals surface area (Å²) >= 11 is 0. The molecule has 11 heteroatoms. The van der Waals surface area contributed by atoms with Crippen molar-refractivity contribution < 1.29 is 32.4 Å². The number of nitro groups is 1. The largest absolute Gasteiger partial charge is 0.449 e. The van der Waals surface area contributed by atoms with E-state index in [9.17, 15) is 23.7 Å². The first-order valence-corrected chi connectivity index (χ1v) is 8.17. The molecule has 0 aliphatic heterocycles. The van der Waals surface area contributed by atoms with Gasteiger partial charge in [0.05, 0.1) is 10.5 Å². The number of aromatic nitrogens is 2. The maximum Gasteiger partial charge on any atom is 0.387 e. The number of carbonyl (C=O) groups excluding carboxylic acids is 1. The molecule has 0 aliphatic carbocycles. The van der Waals surface area contributed by atoms with Gasteiger partial charge in [0.1, 0.15) is 5.75 Å². The molecule has 1 atom stereocenters. The number of carbonyl (C=O) groups is 1. The van der Waals surface area contributed by atoms with Crippen LogP contribution in [0.4, 0.5) is 14.5 Å². The number of nitro benzene ring substituents is 1. The van der Waals surface area contributed by atoms with Crippen molar-refractivity contribution >= 4 is 11.7 Å². The first kappa shape index (κ1) is 19.9. The second kappa shape index (κ2) is 8.42. The van der Waals surface area contributed by atoms with Crippen LogP contribution < -0.4 is 4.74 Å². The van der Waals surface area contributed by atoms with Gasteiger partial charge in [-0.25, -0.2) is 4.79 Å². The minimum atomic E-state index is -3.02. The molecule has 0 N–H and O–H groups in total. The van der Waals surface area contributed by atoms with E-state index in [0.717, 1.165) is 6.07 Å². The number of esters is 1. The smallest absolute Gasteiger partial charge is 0.387 e. The Balaban J connectivity index is 1.69. The average Bonchev–Trinajstić information content (AvgIpc) is 3.18. The van der Waals surface area contributed by atoms with Crippen molar-refractivity contribution in [3.8, 4) is 17.2 Å². The van der Waals surface area contributed by atoms with Crippen molar-refractivity contribution in [3.05, 3.63) is 70.1 Å². The van der Waals surface area contributed by atoms with Crippen LogP contribution in [0, 0.1) is 10.1 Å². The monoisotopic (exact) mass is 405 g/mol. The van der Waals surface area contributed by atoms with Crippen LogP contribution in [0.15, 0.2) is 52.9 Å². The van der Waals surface area contributed by atoms with Gasteiger partial charge in [0.15, 0.2) is 6.10 Å². The maximum absolute atomic E-state index is 12.3. The minimum absolute atomic E-state index is 0.00473. The van der Waals surface area contributed by atoms with Gasteiger partial charge in [0, 0.05) is 17.7 Å². The molecule has 150 valence electrons. The van der Waals surface area contributed by atoms with Gasteiger partial charge in [0.25, 0.3) is 11.6 Å². The van der Waals surface area contributed by atoms with Crippen molar-refractivity contribution in [2.45, 2.75) is 19.6 Å². The number of hydrogen-bond acceptors (Lipinski definition) is 8. The number of non-ortho nitro benzene ring substituents is 1. The Morgan fingerprint density at radius 3 is 2.55 bits per heavy atom. The predicted molar refractivity (Wildman–Crippen MR) is 93.3 cm³/mol. The highest BCUT2D eigenvalue weighted by Gasteiger charge is 2.21. The van der Waals surface area contributed by atoms with Gasteiger partial charge in [-0.2, -0.15) is 8.78 Å².